The third-order valence-electron chi connectivity index (χ3n) is 4.26. The Balaban J connectivity index is 1.62. The van der Waals surface area contributed by atoms with Crippen LogP contribution in [0.4, 0.5) is 10.1 Å². The number of aromatic nitrogens is 1. The number of amides is 2. The van der Waals surface area contributed by atoms with E-state index in [1.165, 1.54) is 36.7 Å². The molecule has 29 heavy (non-hydrogen) atoms. The zero-order valence-electron chi connectivity index (χ0n) is 15.8. The molecule has 0 atom stereocenters. The van der Waals surface area contributed by atoms with E-state index in [1.807, 2.05) is 24.3 Å². The fourth-order valence-electron chi connectivity index (χ4n) is 2.77. The molecule has 0 aliphatic rings. The first kappa shape index (κ1) is 20.0. The predicted octanol–water partition coefficient (Wildman–Crippen LogP) is 3.45. The van der Waals surface area contributed by atoms with Crippen molar-refractivity contribution in [2.45, 2.75) is 6.42 Å². The lowest BCUT2D eigenvalue weighted by Gasteiger charge is -2.10. The van der Waals surface area contributed by atoms with E-state index in [1.54, 1.807) is 13.2 Å². The standard InChI is InChI=1S/C22H20FN3O3/c1-29-20-9-5-2-6-15(20)10-11-25-21(27)16-12-17(14-24-13-16)22(28)26-19-8-4-3-7-18(19)23/h2-9,12-14H,10-11H2,1H3,(H,25,27)(H,26,28). The van der Waals surface area contributed by atoms with Crippen LogP contribution in [0.15, 0.2) is 67.0 Å². The fraction of sp³-hybridized carbons (Fsp3) is 0.136. The molecule has 2 N–H and O–H groups in total. The third-order valence-corrected chi connectivity index (χ3v) is 4.26. The summed E-state index contributed by atoms with van der Waals surface area (Å²) in [5.74, 6) is -0.687. The molecule has 7 heteroatoms. The van der Waals surface area contributed by atoms with Gasteiger partial charge in [0.25, 0.3) is 11.8 Å². The van der Waals surface area contributed by atoms with Crippen LogP contribution in [-0.4, -0.2) is 30.5 Å². The number of anilines is 1. The second-order valence-electron chi connectivity index (χ2n) is 6.21. The number of carbonyl (C=O) groups excluding carboxylic acids is 2. The number of pyridine rings is 1. The summed E-state index contributed by atoms with van der Waals surface area (Å²) < 4.78 is 19.0. The average molecular weight is 393 g/mol. The van der Waals surface area contributed by atoms with Crippen molar-refractivity contribution in [3.8, 4) is 5.75 Å². The smallest absolute Gasteiger partial charge is 0.257 e. The lowest BCUT2D eigenvalue weighted by atomic mass is 10.1. The van der Waals surface area contributed by atoms with E-state index < -0.39 is 11.7 Å². The molecule has 2 amide bonds. The normalized spacial score (nSPS) is 10.3. The molecular weight excluding hydrogens is 373 g/mol. The van der Waals surface area contributed by atoms with Crippen LogP contribution in [0, 0.1) is 5.82 Å². The molecule has 0 spiro atoms. The van der Waals surface area contributed by atoms with Crippen molar-refractivity contribution >= 4 is 17.5 Å². The first-order chi connectivity index (χ1) is 14.1. The molecule has 6 nitrogen and oxygen atoms in total. The summed E-state index contributed by atoms with van der Waals surface area (Å²) in [4.78, 5) is 28.7. The monoisotopic (exact) mass is 393 g/mol. The molecule has 3 aromatic rings. The Morgan fingerprint density at radius 3 is 2.45 bits per heavy atom. The molecule has 2 aromatic carbocycles. The van der Waals surface area contributed by atoms with Crippen LogP contribution in [0.1, 0.15) is 26.3 Å². The van der Waals surface area contributed by atoms with E-state index in [0.29, 0.717) is 13.0 Å². The van der Waals surface area contributed by atoms with Crippen molar-refractivity contribution in [2.75, 3.05) is 19.0 Å². The number of halogens is 1. The Hall–Kier alpha value is -3.74. The van der Waals surface area contributed by atoms with E-state index in [0.717, 1.165) is 11.3 Å². The van der Waals surface area contributed by atoms with Crippen molar-refractivity contribution in [1.29, 1.82) is 0 Å². The SMILES string of the molecule is COc1ccccc1CCNC(=O)c1cncc(C(=O)Nc2ccccc2F)c1. The first-order valence-corrected chi connectivity index (χ1v) is 8.99. The van der Waals surface area contributed by atoms with Gasteiger partial charge in [-0.2, -0.15) is 0 Å². The highest BCUT2D eigenvalue weighted by Crippen LogP contribution is 2.17. The van der Waals surface area contributed by atoms with Gasteiger partial charge < -0.3 is 15.4 Å². The highest BCUT2D eigenvalue weighted by molar-refractivity contribution is 6.05. The maximum atomic E-state index is 13.7. The lowest BCUT2D eigenvalue weighted by molar-refractivity contribution is 0.0953. The second-order valence-corrected chi connectivity index (χ2v) is 6.21. The van der Waals surface area contributed by atoms with Crippen molar-refractivity contribution in [1.82, 2.24) is 10.3 Å². The first-order valence-electron chi connectivity index (χ1n) is 8.99. The van der Waals surface area contributed by atoms with Gasteiger partial charge in [0.15, 0.2) is 0 Å². The van der Waals surface area contributed by atoms with Gasteiger partial charge in [-0.05, 0) is 36.2 Å². The molecule has 0 fully saturated rings. The highest BCUT2D eigenvalue weighted by Gasteiger charge is 2.13. The lowest BCUT2D eigenvalue weighted by Crippen LogP contribution is -2.26. The van der Waals surface area contributed by atoms with Gasteiger partial charge in [0.1, 0.15) is 11.6 Å². The highest BCUT2D eigenvalue weighted by atomic mass is 19.1. The number of nitrogens with zero attached hydrogens (tertiary/aromatic N) is 1. The minimum atomic E-state index is -0.550. The number of carbonyl (C=O) groups is 2. The molecule has 1 aromatic heterocycles. The van der Waals surface area contributed by atoms with Crippen LogP contribution < -0.4 is 15.4 Å². The van der Waals surface area contributed by atoms with Crippen LogP contribution in [0.5, 0.6) is 5.75 Å². The van der Waals surface area contributed by atoms with Crippen molar-refractivity contribution in [3.63, 3.8) is 0 Å². The zero-order chi connectivity index (χ0) is 20.6. The van der Waals surface area contributed by atoms with Crippen LogP contribution >= 0.6 is 0 Å². The molecule has 148 valence electrons. The largest absolute Gasteiger partial charge is 0.496 e. The Labute approximate surface area is 167 Å². The van der Waals surface area contributed by atoms with E-state index >= 15 is 0 Å². The number of methoxy groups -OCH3 is 1. The van der Waals surface area contributed by atoms with Crippen molar-refractivity contribution < 1.29 is 18.7 Å². The molecule has 3 rings (SSSR count). The number of benzene rings is 2. The van der Waals surface area contributed by atoms with Gasteiger partial charge in [-0.3, -0.25) is 14.6 Å². The summed E-state index contributed by atoms with van der Waals surface area (Å²) in [6.07, 6.45) is 3.29. The predicted molar refractivity (Wildman–Crippen MR) is 108 cm³/mol. The fourth-order valence-corrected chi connectivity index (χ4v) is 2.77. The second kappa shape index (κ2) is 9.45. The minimum Gasteiger partial charge on any atom is -0.496 e. The number of ether oxygens (including phenoxy) is 1. The van der Waals surface area contributed by atoms with Crippen LogP contribution in [0.25, 0.3) is 0 Å². The van der Waals surface area contributed by atoms with Gasteiger partial charge in [-0.25, -0.2) is 4.39 Å². The van der Waals surface area contributed by atoms with Gasteiger partial charge in [0.2, 0.25) is 0 Å². The number of hydrogen-bond donors (Lipinski definition) is 2. The number of nitrogens with one attached hydrogen (secondary N) is 2. The van der Waals surface area contributed by atoms with Gasteiger partial charge in [0.05, 0.1) is 23.9 Å². The summed E-state index contributed by atoms with van der Waals surface area (Å²) in [5.41, 5.74) is 1.44. The Kier molecular flexibility index (Phi) is 6.52. The average Bonchev–Trinajstić information content (AvgIpc) is 2.75. The third kappa shape index (κ3) is 5.16. The maximum Gasteiger partial charge on any atom is 0.257 e. The summed E-state index contributed by atoms with van der Waals surface area (Å²) in [6.45, 7) is 0.394. The molecule has 0 saturated carbocycles. The van der Waals surface area contributed by atoms with E-state index in [2.05, 4.69) is 15.6 Å². The zero-order valence-corrected chi connectivity index (χ0v) is 15.8. The van der Waals surface area contributed by atoms with Gasteiger partial charge >= 0.3 is 0 Å². The topological polar surface area (TPSA) is 80.3 Å². The summed E-state index contributed by atoms with van der Waals surface area (Å²) in [5, 5.41) is 5.27. The molecule has 0 saturated heterocycles. The summed E-state index contributed by atoms with van der Waals surface area (Å²) in [6, 6.07) is 14.8. The summed E-state index contributed by atoms with van der Waals surface area (Å²) in [7, 11) is 1.60. The Bertz CT molecular complexity index is 1020. The molecule has 0 unspecified atom stereocenters. The molecule has 0 aliphatic heterocycles. The number of hydrogen-bond acceptors (Lipinski definition) is 4. The van der Waals surface area contributed by atoms with Crippen LogP contribution in [0.2, 0.25) is 0 Å². The Morgan fingerprint density at radius 2 is 1.69 bits per heavy atom. The van der Waals surface area contributed by atoms with E-state index in [4.69, 9.17) is 4.74 Å². The molecule has 0 bridgehead atoms. The molecular formula is C22H20FN3O3. The summed E-state index contributed by atoms with van der Waals surface area (Å²) >= 11 is 0. The minimum absolute atomic E-state index is 0.0594. The van der Waals surface area contributed by atoms with Gasteiger partial charge in [-0.1, -0.05) is 30.3 Å². The van der Waals surface area contributed by atoms with Crippen molar-refractivity contribution in [2.24, 2.45) is 0 Å². The van der Waals surface area contributed by atoms with Crippen LogP contribution in [0.3, 0.4) is 0 Å². The number of para-hydroxylation sites is 2. The van der Waals surface area contributed by atoms with Crippen LogP contribution in [-0.2, 0) is 6.42 Å². The van der Waals surface area contributed by atoms with Crippen molar-refractivity contribution in [3.05, 3.63) is 89.5 Å². The quantitative estimate of drug-likeness (QED) is 0.644. The number of rotatable bonds is 7. The van der Waals surface area contributed by atoms with Gasteiger partial charge in [-0.15, -0.1) is 0 Å². The van der Waals surface area contributed by atoms with E-state index in [9.17, 15) is 14.0 Å². The molecule has 0 aliphatic carbocycles. The van der Waals surface area contributed by atoms with Gasteiger partial charge in [0, 0.05) is 18.9 Å². The molecule has 0 radical (unpaired) electrons. The molecule has 1 heterocycles. The Morgan fingerprint density at radius 1 is 1.00 bits per heavy atom. The van der Waals surface area contributed by atoms with E-state index in [-0.39, 0.29) is 22.7 Å². The maximum absolute atomic E-state index is 13.7.